The lowest BCUT2D eigenvalue weighted by molar-refractivity contribution is 0.376. The van der Waals surface area contributed by atoms with Crippen LogP contribution in [0.2, 0.25) is 0 Å². The molecule has 0 aliphatic heterocycles. The minimum Gasteiger partial charge on any atom is -0.328 e. The minimum absolute atomic E-state index is 0.403. The van der Waals surface area contributed by atoms with Crippen LogP contribution in [0.1, 0.15) is 50.2 Å². The van der Waals surface area contributed by atoms with Crippen molar-refractivity contribution in [2.45, 2.75) is 58.0 Å². The second kappa shape index (κ2) is 4.31. The van der Waals surface area contributed by atoms with Gasteiger partial charge in [-0.25, -0.2) is 0 Å². The van der Waals surface area contributed by atoms with Crippen LogP contribution in [-0.2, 0) is 6.54 Å². The summed E-state index contributed by atoms with van der Waals surface area (Å²) in [6.07, 6.45) is 4.58. The van der Waals surface area contributed by atoms with Crippen molar-refractivity contribution in [3.8, 4) is 0 Å². The Morgan fingerprint density at radius 3 is 2.53 bits per heavy atom. The molecule has 0 spiro atoms. The van der Waals surface area contributed by atoms with Crippen molar-refractivity contribution >= 4 is 0 Å². The highest BCUT2D eigenvalue weighted by Crippen LogP contribution is 2.31. The SMILES string of the molecule is CCn1c(C)nnc1C1CCC(N)CC1. The third-order valence-corrected chi connectivity index (χ3v) is 3.42. The number of nitrogens with two attached hydrogens (primary N) is 1. The van der Waals surface area contributed by atoms with Crippen LogP contribution in [0.4, 0.5) is 0 Å². The Balaban J connectivity index is 2.15. The zero-order valence-electron chi connectivity index (χ0n) is 9.61. The summed E-state index contributed by atoms with van der Waals surface area (Å²) in [4.78, 5) is 0. The summed E-state index contributed by atoms with van der Waals surface area (Å²) in [7, 11) is 0. The second-order valence-electron chi connectivity index (χ2n) is 4.46. The maximum Gasteiger partial charge on any atom is 0.136 e. The summed E-state index contributed by atoms with van der Waals surface area (Å²) >= 11 is 0. The summed E-state index contributed by atoms with van der Waals surface area (Å²) < 4.78 is 2.22. The predicted octanol–water partition coefficient (Wildman–Crippen LogP) is 1.59. The lowest BCUT2D eigenvalue weighted by Gasteiger charge is -2.25. The highest BCUT2D eigenvalue weighted by atomic mass is 15.3. The highest BCUT2D eigenvalue weighted by Gasteiger charge is 2.24. The van der Waals surface area contributed by atoms with Crippen LogP contribution in [0.25, 0.3) is 0 Å². The summed E-state index contributed by atoms with van der Waals surface area (Å²) in [5.41, 5.74) is 5.91. The molecule has 0 saturated heterocycles. The molecule has 1 aliphatic rings. The topological polar surface area (TPSA) is 56.7 Å². The van der Waals surface area contributed by atoms with Crippen molar-refractivity contribution in [2.24, 2.45) is 5.73 Å². The Kier molecular flexibility index (Phi) is 3.05. The van der Waals surface area contributed by atoms with E-state index in [-0.39, 0.29) is 0 Å². The summed E-state index contributed by atoms with van der Waals surface area (Å²) in [5.74, 6) is 2.77. The Morgan fingerprint density at radius 2 is 1.93 bits per heavy atom. The van der Waals surface area contributed by atoms with Gasteiger partial charge in [0.25, 0.3) is 0 Å². The van der Waals surface area contributed by atoms with Crippen LogP contribution in [0, 0.1) is 6.92 Å². The fourth-order valence-electron chi connectivity index (χ4n) is 2.47. The van der Waals surface area contributed by atoms with Gasteiger partial charge in [0.2, 0.25) is 0 Å². The van der Waals surface area contributed by atoms with Crippen LogP contribution in [-0.4, -0.2) is 20.8 Å². The first-order valence-electron chi connectivity index (χ1n) is 5.87. The van der Waals surface area contributed by atoms with Crippen molar-refractivity contribution in [1.82, 2.24) is 14.8 Å². The van der Waals surface area contributed by atoms with E-state index in [0.717, 1.165) is 25.2 Å². The second-order valence-corrected chi connectivity index (χ2v) is 4.46. The summed E-state index contributed by atoms with van der Waals surface area (Å²) in [5, 5.41) is 8.47. The molecule has 1 heterocycles. The molecule has 4 heteroatoms. The van der Waals surface area contributed by atoms with Crippen molar-refractivity contribution in [3.05, 3.63) is 11.6 Å². The minimum atomic E-state index is 0.403. The Bertz CT molecular complexity index is 323. The molecule has 84 valence electrons. The monoisotopic (exact) mass is 208 g/mol. The fourth-order valence-corrected chi connectivity index (χ4v) is 2.47. The van der Waals surface area contributed by atoms with E-state index in [9.17, 15) is 0 Å². The van der Waals surface area contributed by atoms with Gasteiger partial charge in [-0.3, -0.25) is 0 Å². The van der Waals surface area contributed by atoms with Gasteiger partial charge >= 0.3 is 0 Å². The number of hydrogen-bond donors (Lipinski definition) is 1. The van der Waals surface area contributed by atoms with Crippen molar-refractivity contribution < 1.29 is 0 Å². The molecule has 0 radical (unpaired) electrons. The molecule has 0 aromatic carbocycles. The van der Waals surface area contributed by atoms with Crippen LogP contribution >= 0.6 is 0 Å². The van der Waals surface area contributed by atoms with Gasteiger partial charge in [-0.1, -0.05) is 0 Å². The highest BCUT2D eigenvalue weighted by molar-refractivity contribution is 5.03. The summed E-state index contributed by atoms with van der Waals surface area (Å²) in [6.45, 7) is 5.14. The molecular formula is C11H20N4. The molecule has 4 nitrogen and oxygen atoms in total. The van der Waals surface area contributed by atoms with E-state index in [1.54, 1.807) is 0 Å². The Morgan fingerprint density at radius 1 is 1.27 bits per heavy atom. The maximum absolute atomic E-state index is 5.91. The zero-order valence-corrected chi connectivity index (χ0v) is 9.61. The molecule has 1 aliphatic carbocycles. The lowest BCUT2D eigenvalue weighted by atomic mass is 9.86. The molecule has 0 amide bonds. The number of aryl methyl sites for hydroxylation is 1. The van der Waals surface area contributed by atoms with Gasteiger partial charge in [-0.15, -0.1) is 10.2 Å². The van der Waals surface area contributed by atoms with Crippen LogP contribution < -0.4 is 5.73 Å². The molecule has 15 heavy (non-hydrogen) atoms. The first-order valence-corrected chi connectivity index (χ1v) is 5.87. The molecule has 0 atom stereocenters. The van der Waals surface area contributed by atoms with E-state index < -0.39 is 0 Å². The maximum atomic E-state index is 5.91. The van der Waals surface area contributed by atoms with E-state index in [0.29, 0.717) is 12.0 Å². The number of hydrogen-bond acceptors (Lipinski definition) is 3. The quantitative estimate of drug-likeness (QED) is 0.803. The van der Waals surface area contributed by atoms with Gasteiger partial charge in [0.05, 0.1) is 0 Å². The molecule has 1 aromatic heterocycles. The molecule has 0 unspecified atom stereocenters. The third kappa shape index (κ3) is 2.04. The predicted molar refractivity (Wildman–Crippen MR) is 59.6 cm³/mol. The zero-order chi connectivity index (χ0) is 10.8. The van der Waals surface area contributed by atoms with Crippen LogP contribution in [0.3, 0.4) is 0 Å². The molecule has 1 saturated carbocycles. The van der Waals surface area contributed by atoms with E-state index in [2.05, 4.69) is 21.7 Å². The first kappa shape index (κ1) is 10.6. The fraction of sp³-hybridized carbons (Fsp3) is 0.818. The van der Waals surface area contributed by atoms with E-state index in [1.165, 1.54) is 18.7 Å². The van der Waals surface area contributed by atoms with Crippen LogP contribution in [0.15, 0.2) is 0 Å². The van der Waals surface area contributed by atoms with Crippen molar-refractivity contribution in [2.75, 3.05) is 0 Å². The van der Waals surface area contributed by atoms with Gasteiger partial charge in [0.1, 0.15) is 11.6 Å². The first-order chi connectivity index (χ1) is 7.22. The standard InChI is InChI=1S/C11H20N4/c1-3-15-8(2)13-14-11(15)9-4-6-10(12)7-5-9/h9-10H,3-7,12H2,1-2H3. The van der Waals surface area contributed by atoms with Gasteiger partial charge in [0, 0.05) is 18.5 Å². The Hall–Kier alpha value is -0.900. The average molecular weight is 208 g/mol. The van der Waals surface area contributed by atoms with Crippen LogP contribution in [0.5, 0.6) is 0 Å². The number of rotatable bonds is 2. The molecule has 1 fully saturated rings. The molecule has 1 aromatic rings. The van der Waals surface area contributed by atoms with Gasteiger partial charge in [0.15, 0.2) is 0 Å². The smallest absolute Gasteiger partial charge is 0.136 e. The summed E-state index contributed by atoms with van der Waals surface area (Å²) in [6, 6.07) is 0.403. The van der Waals surface area contributed by atoms with E-state index in [4.69, 9.17) is 5.73 Å². The Labute approximate surface area is 90.9 Å². The van der Waals surface area contributed by atoms with Gasteiger partial charge in [-0.05, 0) is 39.5 Å². The average Bonchev–Trinajstić information content (AvgIpc) is 2.61. The molecule has 0 bridgehead atoms. The molecule has 2 rings (SSSR count). The van der Waals surface area contributed by atoms with E-state index in [1.807, 2.05) is 6.92 Å². The van der Waals surface area contributed by atoms with Gasteiger partial charge in [-0.2, -0.15) is 0 Å². The van der Waals surface area contributed by atoms with Crippen molar-refractivity contribution in [3.63, 3.8) is 0 Å². The van der Waals surface area contributed by atoms with Crippen molar-refractivity contribution in [1.29, 1.82) is 0 Å². The van der Waals surface area contributed by atoms with E-state index >= 15 is 0 Å². The number of nitrogens with zero attached hydrogens (tertiary/aromatic N) is 3. The number of aromatic nitrogens is 3. The van der Waals surface area contributed by atoms with Gasteiger partial charge < -0.3 is 10.3 Å². The normalized spacial score (nSPS) is 26.9. The molecule has 2 N–H and O–H groups in total. The lowest BCUT2D eigenvalue weighted by Crippen LogP contribution is -2.26. The largest absolute Gasteiger partial charge is 0.328 e. The third-order valence-electron chi connectivity index (χ3n) is 3.42. The molecular weight excluding hydrogens is 188 g/mol.